The molecule has 14 heteroatoms. The Labute approximate surface area is 285 Å². The SMILES string of the molecule is CC(C)C[C@H]1C(=O)N[C@@H](C2CCCCC2)C(=O)N[C@@H](CN)C(=O)N[C@@H](C(C)O)C(=O)NCC(=O)O[C@H](CCC(C)(C)C)[C@@H](C)C(=O)N1C. The fraction of sp³-hybridized carbons (Fsp3) is 0.824. The van der Waals surface area contributed by atoms with E-state index in [1.807, 2.05) is 34.6 Å². The van der Waals surface area contributed by atoms with Gasteiger partial charge in [-0.05, 0) is 56.3 Å². The molecule has 2 fully saturated rings. The topological polar surface area (TPSA) is 209 Å². The third-order valence-corrected chi connectivity index (χ3v) is 9.26. The Hall–Kier alpha value is -3.26. The molecule has 1 heterocycles. The predicted molar refractivity (Wildman–Crippen MR) is 180 cm³/mol. The molecule has 0 radical (unpaired) electrons. The number of aliphatic hydroxyl groups excluding tert-OH is 1. The Morgan fingerprint density at radius 2 is 1.54 bits per heavy atom. The summed E-state index contributed by atoms with van der Waals surface area (Å²) in [6, 6.07) is -4.70. The van der Waals surface area contributed by atoms with Crippen molar-refractivity contribution in [3.8, 4) is 0 Å². The molecule has 1 aliphatic heterocycles. The Morgan fingerprint density at radius 3 is 2.08 bits per heavy atom. The average Bonchev–Trinajstić information content (AvgIpc) is 3.02. The number of carbonyl (C=O) groups is 6. The maximum atomic E-state index is 14.1. The average molecular weight is 681 g/mol. The Morgan fingerprint density at radius 1 is 0.917 bits per heavy atom. The van der Waals surface area contributed by atoms with Crippen LogP contribution in [-0.4, -0.2) is 102 Å². The van der Waals surface area contributed by atoms with E-state index in [0.717, 1.165) is 19.3 Å². The van der Waals surface area contributed by atoms with Crippen LogP contribution in [0.15, 0.2) is 0 Å². The quantitative estimate of drug-likeness (QED) is 0.209. The summed E-state index contributed by atoms with van der Waals surface area (Å²) in [5.41, 5.74) is 5.74. The molecule has 0 aromatic rings. The lowest BCUT2D eigenvalue weighted by molar-refractivity contribution is -0.158. The van der Waals surface area contributed by atoms with E-state index < -0.39 is 84.3 Å². The number of carbonyl (C=O) groups excluding carboxylic acids is 6. The van der Waals surface area contributed by atoms with Crippen molar-refractivity contribution in [2.24, 2.45) is 28.9 Å². The van der Waals surface area contributed by atoms with Gasteiger partial charge >= 0.3 is 5.97 Å². The highest BCUT2D eigenvalue weighted by Gasteiger charge is 2.39. The molecule has 1 saturated heterocycles. The molecule has 1 unspecified atom stereocenters. The number of nitrogens with one attached hydrogen (secondary N) is 4. The molecule has 1 saturated carbocycles. The lowest BCUT2D eigenvalue weighted by Gasteiger charge is -2.36. The zero-order valence-corrected chi connectivity index (χ0v) is 30.1. The van der Waals surface area contributed by atoms with Crippen molar-refractivity contribution < 1.29 is 38.6 Å². The third kappa shape index (κ3) is 12.3. The van der Waals surface area contributed by atoms with E-state index in [4.69, 9.17) is 10.5 Å². The van der Waals surface area contributed by atoms with Crippen LogP contribution in [0.25, 0.3) is 0 Å². The molecule has 5 amide bonds. The first kappa shape index (κ1) is 40.9. The molecule has 14 nitrogen and oxygen atoms in total. The van der Waals surface area contributed by atoms with E-state index >= 15 is 0 Å². The van der Waals surface area contributed by atoms with Crippen molar-refractivity contribution >= 4 is 35.5 Å². The van der Waals surface area contributed by atoms with Crippen molar-refractivity contribution in [1.29, 1.82) is 0 Å². The minimum Gasteiger partial charge on any atom is -0.460 e. The lowest BCUT2D eigenvalue weighted by Crippen LogP contribution is -2.62. The van der Waals surface area contributed by atoms with Crippen LogP contribution in [0.5, 0.6) is 0 Å². The van der Waals surface area contributed by atoms with Gasteiger partial charge < -0.3 is 41.7 Å². The zero-order chi connectivity index (χ0) is 36.3. The van der Waals surface area contributed by atoms with Crippen molar-refractivity contribution in [2.75, 3.05) is 20.1 Å². The summed E-state index contributed by atoms with van der Waals surface area (Å²) in [4.78, 5) is 82.6. The van der Waals surface area contributed by atoms with E-state index in [-0.39, 0.29) is 23.8 Å². The fourth-order valence-corrected chi connectivity index (χ4v) is 6.25. The Kier molecular flexibility index (Phi) is 15.8. The van der Waals surface area contributed by atoms with Gasteiger partial charge in [0.2, 0.25) is 29.5 Å². The molecule has 0 bridgehead atoms. The first-order valence-electron chi connectivity index (χ1n) is 17.4. The fourth-order valence-electron chi connectivity index (χ4n) is 6.25. The van der Waals surface area contributed by atoms with Crippen LogP contribution in [-0.2, 0) is 33.5 Å². The van der Waals surface area contributed by atoms with Gasteiger partial charge in [0.1, 0.15) is 36.8 Å². The number of amides is 5. The van der Waals surface area contributed by atoms with Crippen LogP contribution in [0.1, 0.15) is 99.8 Å². The van der Waals surface area contributed by atoms with E-state index in [1.165, 1.54) is 18.9 Å². The summed E-state index contributed by atoms with van der Waals surface area (Å²) in [6.45, 7) is 12.0. The number of ether oxygens (including phenoxy) is 1. The van der Waals surface area contributed by atoms with Crippen LogP contribution < -0.4 is 27.0 Å². The molecule has 7 N–H and O–H groups in total. The first-order valence-corrected chi connectivity index (χ1v) is 17.4. The molecular weight excluding hydrogens is 620 g/mol. The first-order chi connectivity index (χ1) is 22.4. The molecule has 274 valence electrons. The largest absolute Gasteiger partial charge is 0.460 e. The summed E-state index contributed by atoms with van der Waals surface area (Å²) in [7, 11) is 1.54. The van der Waals surface area contributed by atoms with Gasteiger partial charge in [0.15, 0.2) is 0 Å². The van der Waals surface area contributed by atoms with Gasteiger partial charge in [-0.2, -0.15) is 0 Å². The third-order valence-electron chi connectivity index (χ3n) is 9.26. The van der Waals surface area contributed by atoms with Crippen molar-refractivity contribution in [3.05, 3.63) is 0 Å². The molecule has 2 rings (SSSR count). The number of nitrogens with two attached hydrogens (primary N) is 1. The second-order valence-electron chi connectivity index (χ2n) is 15.1. The Bertz CT molecular complexity index is 1130. The molecule has 0 aromatic carbocycles. The van der Waals surface area contributed by atoms with Crippen molar-refractivity contribution in [2.45, 2.75) is 136 Å². The minimum atomic E-state index is -1.48. The summed E-state index contributed by atoms with van der Waals surface area (Å²) < 4.78 is 5.77. The summed E-state index contributed by atoms with van der Waals surface area (Å²) in [5.74, 6) is -5.04. The van der Waals surface area contributed by atoms with Crippen LogP contribution in [0.3, 0.4) is 0 Å². The Balaban J connectivity index is 2.59. The second kappa shape index (κ2) is 18.5. The number of cyclic esters (lactones) is 1. The smallest absolute Gasteiger partial charge is 0.325 e. The lowest BCUT2D eigenvalue weighted by atomic mass is 9.83. The van der Waals surface area contributed by atoms with Crippen LogP contribution in [0.2, 0.25) is 0 Å². The number of hydrogen-bond donors (Lipinski definition) is 6. The molecule has 48 heavy (non-hydrogen) atoms. The van der Waals surface area contributed by atoms with E-state index in [1.54, 1.807) is 6.92 Å². The number of aliphatic hydroxyl groups is 1. The predicted octanol–water partition coefficient (Wildman–Crippen LogP) is 0.738. The van der Waals surface area contributed by atoms with Gasteiger partial charge in [0.25, 0.3) is 0 Å². The van der Waals surface area contributed by atoms with E-state index in [2.05, 4.69) is 21.3 Å². The summed E-state index contributed by atoms with van der Waals surface area (Å²) >= 11 is 0. The molecule has 0 aromatic heterocycles. The number of rotatable bonds is 7. The van der Waals surface area contributed by atoms with Gasteiger partial charge in [-0.15, -0.1) is 0 Å². The summed E-state index contributed by atoms with van der Waals surface area (Å²) in [6.07, 6.45) is 3.15. The molecular formula is C34H60N6O8. The molecule has 7 atom stereocenters. The van der Waals surface area contributed by atoms with Gasteiger partial charge in [0.05, 0.1) is 12.0 Å². The normalized spacial score (nSPS) is 29.1. The van der Waals surface area contributed by atoms with E-state index in [0.29, 0.717) is 32.1 Å². The van der Waals surface area contributed by atoms with Gasteiger partial charge in [0, 0.05) is 13.6 Å². The van der Waals surface area contributed by atoms with E-state index in [9.17, 15) is 33.9 Å². The van der Waals surface area contributed by atoms with Gasteiger partial charge in [-0.25, -0.2) is 0 Å². The van der Waals surface area contributed by atoms with Crippen LogP contribution in [0.4, 0.5) is 0 Å². The van der Waals surface area contributed by atoms with Crippen LogP contribution >= 0.6 is 0 Å². The van der Waals surface area contributed by atoms with Gasteiger partial charge in [-0.3, -0.25) is 28.8 Å². The highest BCUT2D eigenvalue weighted by atomic mass is 16.5. The highest BCUT2D eigenvalue weighted by molar-refractivity contribution is 5.96. The van der Waals surface area contributed by atoms with Crippen molar-refractivity contribution in [1.82, 2.24) is 26.2 Å². The number of nitrogens with zero attached hydrogens (tertiary/aromatic N) is 1. The monoisotopic (exact) mass is 680 g/mol. The summed E-state index contributed by atoms with van der Waals surface area (Å²) in [5, 5.41) is 20.7. The molecule has 1 aliphatic carbocycles. The highest BCUT2D eigenvalue weighted by Crippen LogP contribution is 2.29. The number of likely N-dealkylation sites (N-methyl/N-ethyl adjacent to an activating group) is 1. The van der Waals surface area contributed by atoms with Crippen LogP contribution in [0, 0.1) is 23.2 Å². The molecule has 0 spiro atoms. The molecule has 2 aliphatic rings. The zero-order valence-electron chi connectivity index (χ0n) is 30.1. The van der Waals surface area contributed by atoms with Gasteiger partial charge in [-0.1, -0.05) is 60.8 Å². The standard InChI is InChI=1S/C34H60N6O8/c1-19(2)16-24-30(44)39-28(22-12-10-9-11-13-22)32(46)37-23(17-35)29(43)38-27(21(4)41)31(45)36-18-26(42)48-25(14-15-34(5,6)7)20(3)33(47)40(24)8/h19-25,27-28,41H,9-18,35H2,1-8H3,(H,36,45)(H,37,46)(H,38,43)(H,39,44)/t20-,21?,23+,24+,25-,27+,28+/m1/s1. The number of esters is 1. The maximum Gasteiger partial charge on any atom is 0.325 e. The number of hydrogen-bond acceptors (Lipinski definition) is 9. The minimum absolute atomic E-state index is 0.0141. The second-order valence-corrected chi connectivity index (χ2v) is 15.1. The van der Waals surface area contributed by atoms with Crippen molar-refractivity contribution in [3.63, 3.8) is 0 Å². The maximum absolute atomic E-state index is 14.1.